The maximum atomic E-state index is 13.2. The Labute approximate surface area is 166 Å². The number of hydrogen-bond donors (Lipinski definition) is 1. The van der Waals surface area contributed by atoms with Crippen molar-refractivity contribution in [1.82, 2.24) is 5.32 Å². The van der Waals surface area contributed by atoms with Gasteiger partial charge in [-0.25, -0.2) is 8.42 Å². The van der Waals surface area contributed by atoms with Crippen molar-refractivity contribution in [2.24, 2.45) is 0 Å². The molecule has 0 radical (unpaired) electrons. The van der Waals surface area contributed by atoms with E-state index in [0.717, 1.165) is 21.9 Å². The zero-order valence-corrected chi connectivity index (χ0v) is 17.6. The second-order valence-electron chi connectivity index (χ2n) is 6.61. The summed E-state index contributed by atoms with van der Waals surface area (Å²) in [4.78, 5) is 12.5. The highest BCUT2D eigenvalue weighted by Gasteiger charge is 2.27. The molecule has 0 heterocycles. The van der Waals surface area contributed by atoms with Crippen molar-refractivity contribution < 1.29 is 13.2 Å². The molecule has 1 N–H and O–H groups in total. The van der Waals surface area contributed by atoms with Crippen LogP contribution in [-0.4, -0.2) is 26.9 Å². The first-order chi connectivity index (χ1) is 12.6. The average Bonchev–Trinajstić information content (AvgIpc) is 2.62. The SMILES string of the molecule is CC[C@H](C)NC(=O)CN(c1ccc(C)c(C)c1)S(=O)(=O)c1ccc(Cl)cc1. The number of anilines is 1. The number of sulfonamides is 1. The van der Waals surface area contributed by atoms with E-state index in [1.54, 1.807) is 12.1 Å². The molecule has 0 aromatic heterocycles. The van der Waals surface area contributed by atoms with E-state index in [1.807, 2.05) is 33.8 Å². The van der Waals surface area contributed by atoms with Crippen molar-refractivity contribution >= 4 is 33.2 Å². The van der Waals surface area contributed by atoms with Crippen LogP contribution in [0.15, 0.2) is 47.4 Å². The zero-order chi connectivity index (χ0) is 20.2. The molecule has 146 valence electrons. The maximum Gasteiger partial charge on any atom is 0.264 e. The average molecular weight is 409 g/mol. The summed E-state index contributed by atoms with van der Waals surface area (Å²) < 4.78 is 27.6. The van der Waals surface area contributed by atoms with Gasteiger partial charge in [0.2, 0.25) is 5.91 Å². The summed E-state index contributed by atoms with van der Waals surface area (Å²) in [5.74, 6) is -0.347. The van der Waals surface area contributed by atoms with Crippen molar-refractivity contribution in [2.45, 2.75) is 45.1 Å². The molecule has 0 saturated heterocycles. The Morgan fingerprint density at radius 3 is 2.30 bits per heavy atom. The molecule has 7 heteroatoms. The van der Waals surface area contributed by atoms with Crippen LogP contribution in [0.3, 0.4) is 0 Å². The van der Waals surface area contributed by atoms with Gasteiger partial charge in [0.1, 0.15) is 6.54 Å². The molecule has 2 aromatic rings. The number of benzene rings is 2. The second-order valence-corrected chi connectivity index (χ2v) is 8.91. The lowest BCUT2D eigenvalue weighted by atomic mass is 10.1. The molecule has 0 aliphatic carbocycles. The summed E-state index contributed by atoms with van der Waals surface area (Å²) in [6.07, 6.45) is 0.763. The van der Waals surface area contributed by atoms with Gasteiger partial charge in [-0.1, -0.05) is 24.6 Å². The summed E-state index contributed by atoms with van der Waals surface area (Å²) in [5.41, 5.74) is 2.45. The zero-order valence-electron chi connectivity index (χ0n) is 16.0. The van der Waals surface area contributed by atoms with Crippen LogP contribution in [0.25, 0.3) is 0 Å². The largest absolute Gasteiger partial charge is 0.352 e. The summed E-state index contributed by atoms with van der Waals surface area (Å²) >= 11 is 5.88. The van der Waals surface area contributed by atoms with Gasteiger partial charge in [0.15, 0.2) is 0 Å². The molecule has 0 aliphatic heterocycles. The minimum atomic E-state index is -3.92. The number of nitrogens with zero attached hydrogens (tertiary/aromatic N) is 1. The monoisotopic (exact) mass is 408 g/mol. The highest BCUT2D eigenvalue weighted by Crippen LogP contribution is 2.26. The number of nitrogens with one attached hydrogen (secondary N) is 1. The molecular formula is C20H25ClN2O3S. The van der Waals surface area contributed by atoms with Crippen molar-refractivity contribution in [3.8, 4) is 0 Å². The van der Waals surface area contributed by atoms with Crippen LogP contribution in [0.4, 0.5) is 5.69 Å². The first-order valence-electron chi connectivity index (χ1n) is 8.80. The molecule has 1 amide bonds. The molecule has 0 aliphatic rings. The Kier molecular flexibility index (Phi) is 6.89. The maximum absolute atomic E-state index is 13.2. The van der Waals surface area contributed by atoms with E-state index >= 15 is 0 Å². The normalized spacial score (nSPS) is 12.5. The van der Waals surface area contributed by atoms with Crippen LogP contribution in [0.5, 0.6) is 0 Å². The van der Waals surface area contributed by atoms with Crippen LogP contribution in [0.2, 0.25) is 5.02 Å². The van der Waals surface area contributed by atoms with E-state index in [9.17, 15) is 13.2 Å². The third kappa shape index (κ3) is 5.23. The van der Waals surface area contributed by atoms with Gasteiger partial charge in [-0.05, 0) is 74.7 Å². The molecule has 0 fully saturated rings. The predicted molar refractivity (Wildman–Crippen MR) is 110 cm³/mol. The third-order valence-corrected chi connectivity index (χ3v) is 6.53. The fourth-order valence-corrected chi connectivity index (χ4v) is 4.02. The van der Waals surface area contributed by atoms with Gasteiger partial charge in [-0.3, -0.25) is 9.10 Å². The Morgan fingerprint density at radius 1 is 1.11 bits per heavy atom. The number of halogens is 1. The molecule has 2 rings (SSSR count). The lowest BCUT2D eigenvalue weighted by Crippen LogP contribution is -2.43. The summed E-state index contributed by atoms with van der Waals surface area (Å²) in [6, 6.07) is 11.2. The van der Waals surface area contributed by atoms with Crippen LogP contribution >= 0.6 is 11.6 Å². The number of carbonyl (C=O) groups excluding carboxylic acids is 1. The number of amides is 1. The van der Waals surface area contributed by atoms with Crippen LogP contribution in [-0.2, 0) is 14.8 Å². The number of carbonyl (C=O) groups is 1. The molecule has 2 aromatic carbocycles. The Balaban J connectivity index is 2.46. The smallest absolute Gasteiger partial charge is 0.264 e. The summed E-state index contributed by atoms with van der Waals surface area (Å²) in [6.45, 7) is 7.40. The molecule has 0 saturated carbocycles. The van der Waals surface area contributed by atoms with Gasteiger partial charge < -0.3 is 5.32 Å². The van der Waals surface area contributed by atoms with E-state index in [2.05, 4.69) is 5.32 Å². The first-order valence-corrected chi connectivity index (χ1v) is 10.6. The van der Waals surface area contributed by atoms with Crippen LogP contribution < -0.4 is 9.62 Å². The van der Waals surface area contributed by atoms with Gasteiger partial charge in [0.25, 0.3) is 10.0 Å². The lowest BCUT2D eigenvalue weighted by Gasteiger charge is -2.25. The molecule has 0 bridgehead atoms. The molecular weight excluding hydrogens is 384 g/mol. The number of aryl methyl sites for hydroxylation is 2. The van der Waals surface area contributed by atoms with E-state index in [0.29, 0.717) is 10.7 Å². The fraction of sp³-hybridized carbons (Fsp3) is 0.350. The highest BCUT2D eigenvalue weighted by atomic mass is 35.5. The topological polar surface area (TPSA) is 66.5 Å². The van der Waals surface area contributed by atoms with E-state index in [4.69, 9.17) is 11.6 Å². The minimum absolute atomic E-state index is 0.0302. The van der Waals surface area contributed by atoms with Crippen molar-refractivity contribution in [2.75, 3.05) is 10.8 Å². The quantitative estimate of drug-likeness (QED) is 0.751. The Morgan fingerprint density at radius 2 is 1.74 bits per heavy atom. The van der Waals surface area contributed by atoms with Gasteiger partial charge in [-0.15, -0.1) is 0 Å². The standard InChI is InChI=1S/C20H25ClN2O3S/c1-5-16(4)22-20(24)13-23(18-9-6-14(2)15(3)12-18)27(25,26)19-10-7-17(21)8-11-19/h6-12,16H,5,13H2,1-4H3,(H,22,24)/t16-/m0/s1. The molecule has 5 nitrogen and oxygen atoms in total. The number of hydrogen-bond acceptors (Lipinski definition) is 3. The van der Waals surface area contributed by atoms with Crippen LogP contribution in [0.1, 0.15) is 31.4 Å². The van der Waals surface area contributed by atoms with Crippen molar-refractivity contribution in [3.63, 3.8) is 0 Å². The van der Waals surface area contributed by atoms with Gasteiger partial charge in [0.05, 0.1) is 10.6 Å². The third-order valence-electron chi connectivity index (χ3n) is 4.49. The van der Waals surface area contributed by atoms with E-state index < -0.39 is 10.0 Å². The van der Waals surface area contributed by atoms with Crippen LogP contribution in [0, 0.1) is 13.8 Å². The predicted octanol–water partition coefficient (Wildman–Crippen LogP) is 4.07. The summed E-state index contributed by atoms with van der Waals surface area (Å²) in [5, 5.41) is 3.27. The van der Waals surface area contributed by atoms with Crippen molar-refractivity contribution in [3.05, 3.63) is 58.6 Å². The van der Waals surface area contributed by atoms with Crippen molar-refractivity contribution in [1.29, 1.82) is 0 Å². The second kappa shape index (κ2) is 8.76. The van der Waals surface area contributed by atoms with Gasteiger partial charge >= 0.3 is 0 Å². The molecule has 0 unspecified atom stereocenters. The molecule has 1 atom stereocenters. The summed E-state index contributed by atoms with van der Waals surface area (Å²) in [7, 11) is -3.92. The molecule has 0 spiro atoms. The Bertz CT molecular complexity index is 911. The fourth-order valence-electron chi connectivity index (χ4n) is 2.48. The van der Waals surface area contributed by atoms with E-state index in [-0.39, 0.29) is 23.4 Å². The highest BCUT2D eigenvalue weighted by molar-refractivity contribution is 7.92. The lowest BCUT2D eigenvalue weighted by molar-refractivity contribution is -0.120. The first kappa shape index (κ1) is 21.3. The Hall–Kier alpha value is -2.05. The van der Waals surface area contributed by atoms with E-state index in [1.165, 1.54) is 24.3 Å². The number of rotatable bonds is 7. The minimum Gasteiger partial charge on any atom is -0.352 e. The van der Waals surface area contributed by atoms with Gasteiger partial charge in [-0.2, -0.15) is 0 Å². The van der Waals surface area contributed by atoms with Gasteiger partial charge in [0, 0.05) is 11.1 Å². The molecule has 27 heavy (non-hydrogen) atoms.